The van der Waals surface area contributed by atoms with Crippen LogP contribution in [0.15, 0.2) is 54.6 Å². The maximum Gasteiger partial charge on any atom is 0.573 e. The zero-order valence-electron chi connectivity index (χ0n) is 11.6. The van der Waals surface area contributed by atoms with E-state index in [1.807, 2.05) is 30.3 Å². The minimum atomic E-state index is -4.70. The van der Waals surface area contributed by atoms with Gasteiger partial charge in [0, 0.05) is 6.54 Å². The Bertz CT molecular complexity index is 610. The molecule has 6 heteroatoms. The highest BCUT2D eigenvalue weighted by molar-refractivity contribution is 5.78. The molecule has 0 unspecified atom stereocenters. The van der Waals surface area contributed by atoms with Gasteiger partial charge in [-0.05, 0) is 23.3 Å². The first-order valence-electron chi connectivity index (χ1n) is 6.58. The third-order valence-electron chi connectivity index (χ3n) is 2.85. The topological polar surface area (TPSA) is 38.3 Å². The fourth-order valence-corrected chi connectivity index (χ4v) is 1.85. The highest BCUT2D eigenvalue weighted by Gasteiger charge is 2.30. The molecule has 2 aromatic carbocycles. The van der Waals surface area contributed by atoms with Gasteiger partial charge >= 0.3 is 6.36 Å². The predicted molar refractivity (Wildman–Crippen MR) is 75.1 cm³/mol. The Balaban J connectivity index is 1.83. The van der Waals surface area contributed by atoms with Crippen molar-refractivity contribution >= 4 is 5.91 Å². The summed E-state index contributed by atoms with van der Waals surface area (Å²) in [5.74, 6) is -0.436. The number of hydrogen-bond donors (Lipinski definition) is 1. The highest BCUT2D eigenvalue weighted by Crippen LogP contribution is 2.22. The molecule has 2 aromatic rings. The normalized spacial score (nSPS) is 11.0. The quantitative estimate of drug-likeness (QED) is 0.919. The van der Waals surface area contributed by atoms with Crippen molar-refractivity contribution in [2.75, 3.05) is 0 Å². The van der Waals surface area contributed by atoms with Crippen LogP contribution >= 0.6 is 0 Å². The van der Waals surface area contributed by atoms with Crippen LogP contribution in [-0.2, 0) is 17.8 Å². The molecule has 22 heavy (non-hydrogen) atoms. The molecule has 0 aliphatic carbocycles. The molecule has 0 spiro atoms. The molecule has 0 aliphatic heterocycles. The van der Waals surface area contributed by atoms with Gasteiger partial charge in [0.05, 0.1) is 6.42 Å². The fraction of sp³-hybridized carbons (Fsp3) is 0.188. The Kier molecular flexibility index (Phi) is 5.04. The molecular formula is C16H14F3NO2. The molecule has 0 saturated heterocycles. The number of carbonyl (C=O) groups is 1. The van der Waals surface area contributed by atoms with Gasteiger partial charge in [0.2, 0.25) is 5.91 Å². The molecule has 116 valence electrons. The third-order valence-corrected chi connectivity index (χ3v) is 2.85. The van der Waals surface area contributed by atoms with Crippen molar-refractivity contribution in [1.29, 1.82) is 0 Å². The molecule has 3 nitrogen and oxygen atoms in total. The van der Waals surface area contributed by atoms with Crippen molar-refractivity contribution in [3.63, 3.8) is 0 Å². The maximum absolute atomic E-state index is 12.0. The second kappa shape index (κ2) is 6.98. The second-order valence-electron chi connectivity index (χ2n) is 4.63. The van der Waals surface area contributed by atoms with Crippen molar-refractivity contribution in [2.45, 2.75) is 19.3 Å². The molecule has 0 fully saturated rings. The number of hydrogen-bond acceptors (Lipinski definition) is 2. The fourth-order valence-electron chi connectivity index (χ4n) is 1.85. The van der Waals surface area contributed by atoms with Crippen LogP contribution in [0.25, 0.3) is 0 Å². The Morgan fingerprint density at radius 1 is 0.955 bits per heavy atom. The summed E-state index contributed by atoms with van der Waals surface area (Å²) in [6, 6.07) is 14.6. The van der Waals surface area contributed by atoms with Crippen LogP contribution in [0.3, 0.4) is 0 Å². The van der Waals surface area contributed by atoms with Gasteiger partial charge < -0.3 is 10.1 Å². The van der Waals surface area contributed by atoms with Crippen LogP contribution in [0.4, 0.5) is 13.2 Å². The van der Waals surface area contributed by atoms with E-state index >= 15 is 0 Å². The van der Waals surface area contributed by atoms with Gasteiger partial charge in [-0.25, -0.2) is 0 Å². The Hall–Kier alpha value is -2.50. The number of nitrogens with one attached hydrogen (secondary N) is 1. The van der Waals surface area contributed by atoms with E-state index in [2.05, 4.69) is 10.1 Å². The SMILES string of the molecule is O=C(Cc1ccccc1)NCc1ccc(OC(F)(F)F)cc1. The van der Waals surface area contributed by atoms with Gasteiger partial charge in [0.15, 0.2) is 0 Å². The van der Waals surface area contributed by atoms with E-state index in [0.717, 1.165) is 5.56 Å². The number of rotatable bonds is 5. The van der Waals surface area contributed by atoms with Gasteiger partial charge in [0.1, 0.15) is 5.75 Å². The largest absolute Gasteiger partial charge is 0.573 e. The molecule has 0 saturated carbocycles. The van der Waals surface area contributed by atoms with Crippen LogP contribution in [0.2, 0.25) is 0 Å². The summed E-state index contributed by atoms with van der Waals surface area (Å²) in [5.41, 5.74) is 1.59. The van der Waals surface area contributed by atoms with Gasteiger partial charge in [-0.15, -0.1) is 13.2 Å². The predicted octanol–water partition coefficient (Wildman–Crippen LogP) is 3.44. The summed E-state index contributed by atoms with van der Waals surface area (Å²) in [6.07, 6.45) is -4.44. The maximum atomic E-state index is 12.0. The summed E-state index contributed by atoms with van der Waals surface area (Å²) in [4.78, 5) is 11.8. The molecule has 0 heterocycles. The summed E-state index contributed by atoms with van der Waals surface area (Å²) in [5, 5.41) is 2.71. The first-order chi connectivity index (χ1) is 10.4. The van der Waals surface area contributed by atoms with Crippen LogP contribution in [0.1, 0.15) is 11.1 Å². The first-order valence-corrected chi connectivity index (χ1v) is 6.58. The number of carbonyl (C=O) groups excluding carboxylic acids is 1. The summed E-state index contributed by atoms with van der Waals surface area (Å²) < 4.78 is 39.8. The summed E-state index contributed by atoms with van der Waals surface area (Å²) >= 11 is 0. The number of amides is 1. The molecule has 2 rings (SSSR count). The summed E-state index contributed by atoms with van der Waals surface area (Å²) in [6.45, 7) is 0.248. The average molecular weight is 309 g/mol. The van der Waals surface area contributed by atoms with E-state index in [9.17, 15) is 18.0 Å². The number of halogens is 3. The molecule has 0 aromatic heterocycles. The van der Waals surface area contributed by atoms with E-state index in [1.54, 1.807) is 0 Å². The lowest BCUT2D eigenvalue weighted by Gasteiger charge is -2.10. The molecular weight excluding hydrogens is 295 g/mol. The number of ether oxygens (including phenoxy) is 1. The monoisotopic (exact) mass is 309 g/mol. The van der Waals surface area contributed by atoms with Gasteiger partial charge in [-0.1, -0.05) is 42.5 Å². The minimum Gasteiger partial charge on any atom is -0.406 e. The zero-order chi connectivity index (χ0) is 16.0. The van der Waals surface area contributed by atoms with Crippen molar-refractivity contribution in [3.8, 4) is 5.75 Å². The van der Waals surface area contributed by atoms with Crippen molar-refractivity contribution in [3.05, 3.63) is 65.7 Å². The molecule has 1 amide bonds. The van der Waals surface area contributed by atoms with Gasteiger partial charge in [-0.3, -0.25) is 4.79 Å². The van der Waals surface area contributed by atoms with Crippen LogP contribution < -0.4 is 10.1 Å². The van der Waals surface area contributed by atoms with Gasteiger partial charge in [-0.2, -0.15) is 0 Å². The van der Waals surface area contributed by atoms with E-state index < -0.39 is 6.36 Å². The Morgan fingerprint density at radius 2 is 1.59 bits per heavy atom. The lowest BCUT2D eigenvalue weighted by molar-refractivity contribution is -0.274. The third kappa shape index (κ3) is 5.47. The highest BCUT2D eigenvalue weighted by atomic mass is 19.4. The molecule has 1 N–H and O–H groups in total. The molecule has 0 bridgehead atoms. The minimum absolute atomic E-state index is 0.151. The van der Waals surface area contributed by atoms with Gasteiger partial charge in [0.25, 0.3) is 0 Å². The van der Waals surface area contributed by atoms with E-state index in [-0.39, 0.29) is 24.6 Å². The molecule has 0 radical (unpaired) electrons. The zero-order valence-corrected chi connectivity index (χ0v) is 11.6. The smallest absolute Gasteiger partial charge is 0.406 e. The van der Waals surface area contributed by atoms with Crippen LogP contribution in [0, 0.1) is 0 Å². The molecule has 0 aliphatic rings. The van der Waals surface area contributed by atoms with Crippen molar-refractivity contribution in [1.82, 2.24) is 5.32 Å². The van der Waals surface area contributed by atoms with E-state index in [1.165, 1.54) is 24.3 Å². The summed E-state index contributed by atoms with van der Waals surface area (Å²) in [7, 11) is 0. The first kappa shape index (κ1) is 15.9. The van der Waals surface area contributed by atoms with E-state index in [0.29, 0.717) is 5.56 Å². The van der Waals surface area contributed by atoms with E-state index in [4.69, 9.17) is 0 Å². The standard InChI is InChI=1S/C16H14F3NO2/c17-16(18,19)22-14-8-6-13(7-9-14)11-20-15(21)10-12-4-2-1-3-5-12/h1-9H,10-11H2,(H,20,21). The number of benzene rings is 2. The van der Waals surface area contributed by atoms with Crippen LogP contribution in [0.5, 0.6) is 5.75 Å². The molecule has 0 atom stereocenters. The lowest BCUT2D eigenvalue weighted by atomic mass is 10.1. The Labute approximate surface area is 125 Å². The lowest BCUT2D eigenvalue weighted by Crippen LogP contribution is -2.24. The number of alkyl halides is 3. The Morgan fingerprint density at radius 3 is 2.18 bits per heavy atom. The average Bonchev–Trinajstić information content (AvgIpc) is 2.46. The van der Waals surface area contributed by atoms with Crippen LogP contribution in [-0.4, -0.2) is 12.3 Å². The van der Waals surface area contributed by atoms with Crippen molar-refractivity contribution < 1.29 is 22.7 Å². The van der Waals surface area contributed by atoms with Crippen molar-refractivity contribution in [2.24, 2.45) is 0 Å². The second-order valence-corrected chi connectivity index (χ2v) is 4.63.